The Morgan fingerprint density at radius 3 is 2.14 bits per heavy atom. The summed E-state index contributed by atoms with van der Waals surface area (Å²) in [4.78, 5) is 0. The average molecular weight is 312 g/mol. The van der Waals surface area contributed by atoms with Gasteiger partial charge >= 0.3 is 59.1 Å². The van der Waals surface area contributed by atoms with Crippen molar-refractivity contribution in [3.8, 4) is 11.5 Å². The number of ether oxygens (including phenoxy) is 1. The number of hydrogen-bond acceptors (Lipinski definition) is 2. The van der Waals surface area contributed by atoms with E-state index in [0.29, 0.717) is 12.4 Å². The van der Waals surface area contributed by atoms with E-state index in [4.69, 9.17) is 4.74 Å². The Hall–Kier alpha value is 0.820. The minimum absolute atomic E-state index is 0. The van der Waals surface area contributed by atoms with Crippen LogP contribution in [0.3, 0.4) is 0 Å². The van der Waals surface area contributed by atoms with E-state index in [9.17, 15) is 5.11 Å². The zero-order chi connectivity index (χ0) is 13.9. The summed E-state index contributed by atoms with van der Waals surface area (Å²) in [5.41, 5.74) is 1.13. The molecule has 2 nitrogen and oxygen atoms in total. The third-order valence-corrected chi connectivity index (χ3v) is 3.41. The number of hydrogen-bond donors (Lipinski definition) is 1. The van der Waals surface area contributed by atoms with Crippen molar-refractivity contribution in [2.45, 2.75) is 65.2 Å². The van der Waals surface area contributed by atoms with E-state index < -0.39 is 0 Å². The number of rotatable bonds is 10. The Kier molecular flexibility index (Phi) is 18.0. The number of para-hydroxylation sites is 1. The topological polar surface area (TPSA) is 29.5 Å². The molecule has 1 aromatic carbocycles. The van der Waals surface area contributed by atoms with Crippen LogP contribution in [0.2, 0.25) is 0 Å². The molecule has 0 aliphatic rings. The van der Waals surface area contributed by atoms with Crippen LogP contribution in [0.1, 0.15) is 64.4 Å². The van der Waals surface area contributed by atoms with Gasteiger partial charge in [-0.1, -0.05) is 57.6 Å². The fourth-order valence-electron chi connectivity index (χ4n) is 2.35. The Morgan fingerprint density at radius 1 is 0.905 bits per heavy atom. The number of benzene rings is 1. The molecule has 0 spiro atoms. The summed E-state index contributed by atoms with van der Waals surface area (Å²) in [5.74, 6) is 0.943. The van der Waals surface area contributed by atoms with Gasteiger partial charge in [-0.15, -0.1) is 0 Å². The fourth-order valence-corrected chi connectivity index (χ4v) is 2.35. The summed E-state index contributed by atoms with van der Waals surface area (Å²) in [5, 5.41) is 9.80. The first kappa shape index (κ1) is 24.1. The van der Waals surface area contributed by atoms with Gasteiger partial charge in [0.05, 0.1) is 6.61 Å². The van der Waals surface area contributed by atoms with Gasteiger partial charge in [0, 0.05) is 0 Å². The van der Waals surface area contributed by atoms with Crippen LogP contribution in [0.4, 0.5) is 0 Å². The van der Waals surface area contributed by atoms with Gasteiger partial charge in [-0.2, -0.15) is 0 Å². The zero-order valence-corrected chi connectivity index (χ0v) is 12.5. The van der Waals surface area contributed by atoms with Crippen LogP contribution in [0.25, 0.3) is 0 Å². The number of phenolic OH excluding ortho intramolecular Hbond substituents is 1. The summed E-state index contributed by atoms with van der Waals surface area (Å²) < 4.78 is 5.53. The molecular formula is C17H30Na2O2. The average Bonchev–Trinajstić information content (AvgIpc) is 2.41. The van der Waals surface area contributed by atoms with Gasteiger partial charge in [0.2, 0.25) is 0 Å². The molecule has 0 heterocycles. The Balaban J connectivity index is 0. The van der Waals surface area contributed by atoms with Gasteiger partial charge in [-0.25, -0.2) is 0 Å². The zero-order valence-electron chi connectivity index (χ0n) is 12.5. The van der Waals surface area contributed by atoms with E-state index in [1.165, 1.54) is 44.9 Å². The van der Waals surface area contributed by atoms with Gasteiger partial charge in [-0.3, -0.25) is 0 Å². The van der Waals surface area contributed by atoms with Crippen LogP contribution in [-0.4, -0.2) is 70.8 Å². The molecule has 0 radical (unpaired) electrons. The monoisotopic (exact) mass is 312 g/mol. The van der Waals surface area contributed by atoms with E-state index in [1.807, 2.05) is 13.0 Å². The summed E-state index contributed by atoms with van der Waals surface area (Å²) in [6, 6.07) is 5.65. The van der Waals surface area contributed by atoms with Crippen LogP contribution in [-0.2, 0) is 6.42 Å². The standard InChI is InChI=1S/C17H28O2.2Na.2H/c1-3-5-6-7-8-9-10-12-15-13-11-14-16(18)17(15)19-4-2;;;;/h11,13-14,18H,3-10,12H2,1-2H3;;;;. The minimum atomic E-state index is 0. The van der Waals surface area contributed by atoms with Crippen molar-refractivity contribution in [1.29, 1.82) is 0 Å². The van der Waals surface area contributed by atoms with E-state index in [-0.39, 0.29) is 64.9 Å². The van der Waals surface area contributed by atoms with Crippen molar-refractivity contribution in [3.05, 3.63) is 23.8 Å². The van der Waals surface area contributed by atoms with Crippen molar-refractivity contribution in [2.75, 3.05) is 6.61 Å². The molecule has 0 aromatic heterocycles. The van der Waals surface area contributed by atoms with E-state index in [2.05, 4.69) is 13.0 Å². The normalized spacial score (nSPS) is 9.62. The third kappa shape index (κ3) is 10.3. The first-order valence-corrected chi connectivity index (χ1v) is 7.73. The van der Waals surface area contributed by atoms with Gasteiger partial charge < -0.3 is 9.84 Å². The second kappa shape index (κ2) is 15.7. The van der Waals surface area contributed by atoms with Crippen molar-refractivity contribution in [1.82, 2.24) is 0 Å². The van der Waals surface area contributed by atoms with E-state index in [0.717, 1.165) is 12.0 Å². The van der Waals surface area contributed by atoms with Crippen LogP contribution in [0.15, 0.2) is 18.2 Å². The molecule has 0 atom stereocenters. The molecule has 21 heavy (non-hydrogen) atoms. The van der Waals surface area contributed by atoms with E-state index >= 15 is 0 Å². The van der Waals surface area contributed by atoms with E-state index in [1.54, 1.807) is 6.07 Å². The molecule has 0 aliphatic carbocycles. The van der Waals surface area contributed by atoms with Gasteiger partial charge in [0.25, 0.3) is 0 Å². The molecule has 4 heteroatoms. The number of aromatic hydroxyl groups is 1. The molecule has 112 valence electrons. The molecular weight excluding hydrogens is 282 g/mol. The predicted octanol–water partition coefficient (Wildman–Crippen LogP) is 3.79. The SMILES string of the molecule is CCCCCCCCCc1cccc(O)c1OCC.[NaH].[NaH]. The second-order valence-corrected chi connectivity index (χ2v) is 5.07. The Morgan fingerprint density at radius 2 is 1.52 bits per heavy atom. The fraction of sp³-hybridized carbons (Fsp3) is 0.647. The molecule has 0 unspecified atom stereocenters. The molecule has 0 aliphatic heterocycles. The summed E-state index contributed by atoms with van der Waals surface area (Å²) >= 11 is 0. The summed E-state index contributed by atoms with van der Waals surface area (Å²) in [7, 11) is 0. The molecule has 0 saturated heterocycles. The third-order valence-electron chi connectivity index (χ3n) is 3.41. The second-order valence-electron chi connectivity index (χ2n) is 5.07. The van der Waals surface area contributed by atoms with Crippen molar-refractivity contribution in [2.24, 2.45) is 0 Å². The molecule has 1 N–H and O–H groups in total. The molecule has 0 fully saturated rings. The number of unbranched alkanes of at least 4 members (excludes halogenated alkanes) is 6. The Labute approximate surface area is 174 Å². The number of aryl methyl sites for hydroxylation is 1. The van der Waals surface area contributed by atoms with Crippen LogP contribution in [0, 0.1) is 0 Å². The van der Waals surface area contributed by atoms with Crippen LogP contribution < -0.4 is 4.74 Å². The van der Waals surface area contributed by atoms with Gasteiger partial charge in [0.1, 0.15) is 0 Å². The number of phenols is 1. The first-order chi connectivity index (χ1) is 9.29. The van der Waals surface area contributed by atoms with Crippen LogP contribution in [0.5, 0.6) is 11.5 Å². The molecule has 0 bridgehead atoms. The molecule has 0 amide bonds. The maximum atomic E-state index is 9.80. The van der Waals surface area contributed by atoms with Gasteiger partial charge in [0.15, 0.2) is 11.5 Å². The quantitative estimate of drug-likeness (QED) is 0.526. The van der Waals surface area contributed by atoms with Crippen molar-refractivity contribution in [3.63, 3.8) is 0 Å². The molecule has 0 saturated carbocycles. The summed E-state index contributed by atoms with van der Waals surface area (Å²) in [6.07, 6.45) is 10.2. The predicted molar refractivity (Wildman–Crippen MR) is 95.3 cm³/mol. The van der Waals surface area contributed by atoms with Crippen molar-refractivity contribution < 1.29 is 9.84 Å². The maximum absolute atomic E-state index is 9.80. The summed E-state index contributed by atoms with van der Waals surface area (Å²) in [6.45, 7) is 4.79. The molecule has 1 aromatic rings. The van der Waals surface area contributed by atoms with Gasteiger partial charge in [-0.05, 0) is 31.4 Å². The van der Waals surface area contributed by atoms with Crippen molar-refractivity contribution >= 4 is 59.1 Å². The first-order valence-electron chi connectivity index (χ1n) is 7.73. The molecule has 1 rings (SSSR count). The Bertz CT molecular complexity index is 357. The van der Waals surface area contributed by atoms with Crippen LogP contribution >= 0.6 is 0 Å².